The van der Waals surface area contributed by atoms with E-state index in [1.165, 1.54) is 9.21 Å². The van der Waals surface area contributed by atoms with E-state index in [0.29, 0.717) is 18.7 Å². The zero-order chi connectivity index (χ0) is 33.1. The summed E-state index contributed by atoms with van der Waals surface area (Å²) in [5.41, 5.74) is 3.87. The first-order valence-corrected chi connectivity index (χ1v) is 17.9. The third-order valence-electron chi connectivity index (χ3n) is 7.90. The Morgan fingerprint density at radius 2 is 1.48 bits per heavy atom. The predicted molar refractivity (Wildman–Crippen MR) is 188 cm³/mol. The van der Waals surface area contributed by atoms with Crippen molar-refractivity contribution in [2.75, 3.05) is 17.4 Å². The fourth-order valence-electron chi connectivity index (χ4n) is 5.25. The SMILES string of the molecule is CCCCNC(=O)C(Cc1ccccc1)N(Cc1ccc(Br)cc1)C(=O)CN(c1ccccc1CC)S(=O)(=O)c1ccc(C)cc1. The van der Waals surface area contributed by atoms with E-state index < -0.39 is 28.5 Å². The van der Waals surface area contributed by atoms with Gasteiger partial charge in [0.2, 0.25) is 11.8 Å². The minimum absolute atomic E-state index is 0.0920. The summed E-state index contributed by atoms with van der Waals surface area (Å²) in [6.45, 7) is 6.03. The normalized spacial score (nSPS) is 11.9. The van der Waals surface area contributed by atoms with E-state index >= 15 is 0 Å². The van der Waals surface area contributed by atoms with Gasteiger partial charge in [0.25, 0.3) is 10.0 Å². The van der Waals surface area contributed by atoms with E-state index in [0.717, 1.165) is 39.6 Å². The van der Waals surface area contributed by atoms with Gasteiger partial charge in [-0.1, -0.05) is 115 Å². The highest BCUT2D eigenvalue weighted by molar-refractivity contribution is 9.10. The molecule has 0 heterocycles. The molecular formula is C37H42BrN3O4S. The molecule has 46 heavy (non-hydrogen) atoms. The van der Waals surface area contributed by atoms with Crippen LogP contribution in [-0.4, -0.2) is 44.3 Å². The molecular weight excluding hydrogens is 662 g/mol. The van der Waals surface area contributed by atoms with E-state index in [9.17, 15) is 18.0 Å². The standard InChI is InChI=1S/C37H42BrN3O4S/c1-4-6-24-39-37(43)35(25-29-12-8-7-9-13-29)40(26-30-18-20-32(38)21-19-30)36(42)27-41(34-15-11-10-14-31(34)5-2)46(44,45)33-22-16-28(3)17-23-33/h7-23,35H,4-6,24-27H2,1-3H3,(H,39,43). The second-order valence-electron chi connectivity index (χ2n) is 11.3. The monoisotopic (exact) mass is 703 g/mol. The number of rotatable bonds is 15. The molecule has 1 unspecified atom stereocenters. The molecule has 0 saturated carbocycles. The Hall–Kier alpha value is -3.95. The number of benzene rings is 4. The molecule has 242 valence electrons. The van der Waals surface area contributed by atoms with E-state index in [2.05, 4.69) is 21.2 Å². The number of amides is 2. The highest BCUT2D eigenvalue weighted by atomic mass is 79.9. The van der Waals surface area contributed by atoms with Gasteiger partial charge in [-0.2, -0.15) is 0 Å². The summed E-state index contributed by atoms with van der Waals surface area (Å²) < 4.78 is 30.7. The lowest BCUT2D eigenvalue weighted by Gasteiger charge is -2.34. The molecule has 4 aromatic rings. The number of hydrogen-bond acceptors (Lipinski definition) is 4. The van der Waals surface area contributed by atoms with E-state index in [-0.39, 0.29) is 23.8 Å². The van der Waals surface area contributed by atoms with Gasteiger partial charge in [-0.15, -0.1) is 0 Å². The molecule has 0 aliphatic heterocycles. The lowest BCUT2D eigenvalue weighted by atomic mass is 10.0. The van der Waals surface area contributed by atoms with Crippen molar-refractivity contribution in [3.05, 3.63) is 130 Å². The van der Waals surface area contributed by atoms with Crippen LogP contribution in [0.1, 0.15) is 48.9 Å². The van der Waals surface area contributed by atoms with Gasteiger partial charge >= 0.3 is 0 Å². The van der Waals surface area contributed by atoms with E-state index in [1.54, 1.807) is 36.4 Å². The van der Waals surface area contributed by atoms with Gasteiger partial charge < -0.3 is 10.2 Å². The topological polar surface area (TPSA) is 86.8 Å². The highest BCUT2D eigenvalue weighted by Gasteiger charge is 2.35. The molecule has 0 aliphatic rings. The van der Waals surface area contributed by atoms with Crippen LogP contribution in [0.5, 0.6) is 0 Å². The average molecular weight is 705 g/mol. The molecule has 0 spiro atoms. The molecule has 0 bridgehead atoms. The van der Waals surface area contributed by atoms with E-state index in [1.807, 2.05) is 87.5 Å². The van der Waals surface area contributed by atoms with Crippen LogP contribution in [0.4, 0.5) is 5.69 Å². The van der Waals surface area contributed by atoms with E-state index in [4.69, 9.17) is 0 Å². The number of hydrogen-bond donors (Lipinski definition) is 1. The summed E-state index contributed by atoms with van der Waals surface area (Å²) in [5.74, 6) is -0.749. The predicted octanol–water partition coefficient (Wildman–Crippen LogP) is 7.07. The van der Waals surface area contributed by atoms with Crippen molar-refractivity contribution in [2.45, 2.75) is 63.9 Å². The molecule has 1 atom stereocenters. The first-order chi connectivity index (χ1) is 22.1. The lowest BCUT2D eigenvalue weighted by molar-refractivity contribution is -0.140. The van der Waals surface area contributed by atoms with Gasteiger partial charge in [0.1, 0.15) is 12.6 Å². The number of para-hydroxylation sites is 1. The molecule has 0 aliphatic carbocycles. The fraction of sp³-hybridized carbons (Fsp3) is 0.297. The third kappa shape index (κ3) is 9.07. The van der Waals surface area contributed by atoms with Crippen LogP contribution in [-0.2, 0) is 39.0 Å². The van der Waals surface area contributed by atoms with Crippen LogP contribution in [0, 0.1) is 6.92 Å². The Balaban J connectivity index is 1.81. The largest absolute Gasteiger partial charge is 0.354 e. The first-order valence-electron chi connectivity index (χ1n) is 15.7. The number of nitrogens with one attached hydrogen (secondary N) is 1. The number of nitrogens with zero attached hydrogens (tertiary/aromatic N) is 2. The minimum atomic E-state index is -4.15. The summed E-state index contributed by atoms with van der Waals surface area (Å²) in [5, 5.41) is 3.03. The number of sulfonamides is 1. The fourth-order valence-corrected chi connectivity index (χ4v) is 6.97. The van der Waals surface area contributed by atoms with Crippen molar-refractivity contribution in [3.8, 4) is 0 Å². The average Bonchev–Trinajstić information content (AvgIpc) is 3.06. The second kappa shape index (κ2) is 16.6. The van der Waals surface area contributed by atoms with Crippen LogP contribution in [0.3, 0.4) is 0 Å². The van der Waals surface area contributed by atoms with Crippen molar-refractivity contribution in [3.63, 3.8) is 0 Å². The summed E-state index contributed by atoms with van der Waals surface area (Å²) in [4.78, 5) is 30.1. The number of carbonyl (C=O) groups excluding carboxylic acids is 2. The summed E-state index contributed by atoms with van der Waals surface area (Å²) >= 11 is 3.47. The number of anilines is 1. The van der Waals surface area contributed by atoms with Crippen LogP contribution in [0.2, 0.25) is 0 Å². The molecule has 4 rings (SSSR count). The zero-order valence-electron chi connectivity index (χ0n) is 26.7. The number of carbonyl (C=O) groups is 2. The molecule has 0 fully saturated rings. The summed E-state index contributed by atoms with van der Waals surface area (Å²) in [7, 11) is -4.15. The maximum atomic E-state index is 14.6. The Morgan fingerprint density at radius 3 is 2.13 bits per heavy atom. The minimum Gasteiger partial charge on any atom is -0.354 e. The van der Waals surface area contributed by atoms with Crippen LogP contribution >= 0.6 is 15.9 Å². The molecule has 2 amide bonds. The first kappa shape index (κ1) is 34.9. The van der Waals surface area contributed by atoms with Crippen molar-refractivity contribution in [1.82, 2.24) is 10.2 Å². The third-order valence-corrected chi connectivity index (χ3v) is 10.2. The number of halogens is 1. The molecule has 0 radical (unpaired) electrons. The molecule has 0 aromatic heterocycles. The van der Waals surface area contributed by atoms with Crippen LogP contribution in [0.25, 0.3) is 0 Å². The van der Waals surface area contributed by atoms with Crippen molar-refractivity contribution in [1.29, 1.82) is 0 Å². The van der Waals surface area contributed by atoms with Gasteiger partial charge in [-0.3, -0.25) is 13.9 Å². The smallest absolute Gasteiger partial charge is 0.264 e. The molecule has 1 N–H and O–H groups in total. The Kier molecular flexibility index (Phi) is 12.6. The van der Waals surface area contributed by atoms with Gasteiger partial charge in [-0.25, -0.2) is 8.42 Å². The quantitative estimate of drug-likeness (QED) is 0.134. The Labute approximate surface area is 281 Å². The van der Waals surface area contributed by atoms with Crippen LogP contribution in [0.15, 0.2) is 112 Å². The molecule has 7 nitrogen and oxygen atoms in total. The van der Waals surface area contributed by atoms with Crippen molar-refractivity contribution < 1.29 is 18.0 Å². The highest BCUT2D eigenvalue weighted by Crippen LogP contribution is 2.29. The zero-order valence-corrected chi connectivity index (χ0v) is 29.1. The molecule has 4 aromatic carbocycles. The second-order valence-corrected chi connectivity index (χ2v) is 14.1. The Bertz CT molecular complexity index is 1700. The van der Waals surface area contributed by atoms with Gasteiger partial charge in [0.05, 0.1) is 10.6 Å². The maximum Gasteiger partial charge on any atom is 0.264 e. The van der Waals surface area contributed by atoms with Crippen LogP contribution < -0.4 is 9.62 Å². The van der Waals surface area contributed by atoms with Crippen molar-refractivity contribution >= 4 is 43.5 Å². The molecule has 9 heteroatoms. The number of aryl methyl sites for hydroxylation is 2. The lowest BCUT2D eigenvalue weighted by Crippen LogP contribution is -2.53. The maximum absolute atomic E-state index is 14.6. The van der Waals surface area contributed by atoms with Gasteiger partial charge in [0, 0.05) is 24.0 Å². The van der Waals surface area contributed by atoms with Gasteiger partial charge in [-0.05, 0) is 66.8 Å². The Morgan fingerprint density at radius 1 is 0.826 bits per heavy atom. The summed E-state index contributed by atoms with van der Waals surface area (Å²) in [6.07, 6.45) is 2.56. The van der Waals surface area contributed by atoms with Gasteiger partial charge in [0.15, 0.2) is 0 Å². The van der Waals surface area contributed by atoms with Crippen molar-refractivity contribution in [2.24, 2.45) is 0 Å². The molecule has 0 saturated heterocycles. The summed E-state index contributed by atoms with van der Waals surface area (Å²) in [6, 6.07) is 30.1. The number of unbranched alkanes of at least 4 members (excludes halogenated alkanes) is 1.